The Morgan fingerprint density at radius 1 is 1.02 bits per heavy atom. The number of aromatic nitrogens is 7. The standard InChI is InChI=1S/C31H34F2N8O3S/c1-17-12-24(39-40(17)4)20-9-10-23(26(13-20)45(5,42)43)37-25-15-21(14-22-16-34-18(2)19(3)35-22)36-30-28(25)38-31(29(32)33)41(30)27-8-6-7-11-44-27/h9-10,12-13,15-16,27,29H,6-8,11,14H2,1-5H3,(H,36,37). The molecule has 1 N–H and O–H groups in total. The number of aryl methyl sites for hydroxylation is 4. The molecule has 1 aliphatic rings. The molecule has 5 aromatic rings. The average molecular weight is 637 g/mol. The number of fused-ring (bicyclic) bond motifs is 1. The van der Waals surface area contributed by atoms with Gasteiger partial charge < -0.3 is 10.1 Å². The van der Waals surface area contributed by atoms with Crippen molar-refractivity contribution in [2.24, 2.45) is 7.05 Å². The molecule has 0 radical (unpaired) electrons. The van der Waals surface area contributed by atoms with Crippen molar-refractivity contribution in [3.63, 3.8) is 0 Å². The Kier molecular flexibility index (Phi) is 8.12. The molecule has 14 heteroatoms. The van der Waals surface area contributed by atoms with E-state index in [1.807, 2.05) is 33.9 Å². The zero-order valence-corrected chi connectivity index (χ0v) is 26.5. The number of ether oxygens (including phenoxy) is 1. The van der Waals surface area contributed by atoms with E-state index >= 15 is 0 Å². The van der Waals surface area contributed by atoms with Gasteiger partial charge in [0.15, 0.2) is 21.3 Å². The number of halogens is 2. The summed E-state index contributed by atoms with van der Waals surface area (Å²) in [6.07, 6.45) is 1.69. The number of anilines is 2. The van der Waals surface area contributed by atoms with Crippen LogP contribution in [0.4, 0.5) is 20.2 Å². The van der Waals surface area contributed by atoms with Crippen LogP contribution in [-0.2, 0) is 28.0 Å². The smallest absolute Gasteiger partial charge is 0.295 e. The summed E-state index contributed by atoms with van der Waals surface area (Å²) >= 11 is 0. The van der Waals surface area contributed by atoms with Gasteiger partial charge in [0, 0.05) is 43.8 Å². The van der Waals surface area contributed by atoms with Gasteiger partial charge in [-0.2, -0.15) is 5.10 Å². The first kappa shape index (κ1) is 30.7. The summed E-state index contributed by atoms with van der Waals surface area (Å²) < 4.78 is 64.1. The lowest BCUT2D eigenvalue weighted by Crippen LogP contribution is -2.20. The molecule has 1 saturated heterocycles. The molecule has 45 heavy (non-hydrogen) atoms. The third-order valence-corrected chi connectivity index (χ3v) is 9.17. The second-order valence-corrected chi connectivity index (χ2v) is 13.4. The number of pyridine rings is 1. The van der Waals surface area contributed by atoms with Crippen LogP contribution < -0.4 is 5.32 Å². The van der Waals surface area contributed by atoms with E-state index < -0.39 is 28.3 Å². The second kappa shape index (κ2) is 11.9. The van der Waals surface area contributed by atoms with Crippen molar-refractivity contribution in [1.29, 1.82) is 0 Å². The van der Waals surface area contributed by atoms with Crippen molar-refractivity contribution in [2.45, 2.75) is 64.0 Å². The zero-order chi connectivity index (χ0) is 32.0. The van der Waals surface area contributed by atoms with Crippen molar-refractivity contribution in [1.82, 2.24) is 34.3 Å². The molecule has 1 fully saturated rings. The van der Waals surface area contributed by atoms with Crippen molar-refractivity contribution in [2.75, 3.05) is 18.2 Å². The van der Waals surface area contributed by atoms with Crippen LogP contribution in [0.2, 0.25) is 0 Å². The van der Waals surface area contributed by atoms with E-state index in [4.69, 9.17) is 9.72 Å². The maximum atomic E-state index is 14.5. The number of nitrogens with zero attached hydrogens (tertiary/aromatic N) is 7. The van der Waals surface area contributed by atoms with Crippen LogP contribution >= 0.6 is 0 Å². The molecule has 0 aliphatic carbocycles. The fourth-order valence-corrected chi connectivity index (χ4v) is 6.34. The molecular formula is C31H34F2N8O3S. The molecular weight excluding hydrogens is 602 g/mol. The van der Waals surface area contributed by atoms with Crippen molar-refractivity contribution < 1.29 is 21.9 Å². The van der Waals surface area contributed by atoms with Gasteiger partial charge in [0.25, 0.3) is 6.43 Å². The van der Waals surface area contributed by atoms with E-state index in [2.05, 4.69) is 25.4 Å². The second-order valence-electron chi connectivity index (χ2n) is 11.4. The molecule has 0 spiro atoms. The Hall–Kier alpha value is -4.30. The molecule has 5 heterocycles. The van der Waals surface area contributed by atoms with E-state index in [-0.39, 0.29) is 28.2 Å². The Labute approximate surface area is 259 Å². The Morgan fingerprint density at radius 3 is 2.47 bits per heavy atom. The topological polar surface area (TPSA) is 130 Å². The van der Waals surface area contributed by atoms with Gasteiger partial charge >= 0.3 is 0 Å². The molecule has 1 atom stereocenters. The lowest BCUT2D eigenvalue weighted by atomic mass is 10.1. The number of sulfone groups is 1. The van der Waals surface area contributed by atoms with Gasteiger partial charge in [-0.15, -0.1) is 0 Å². The molecule has 1 aliphatic heterocycles. The monoisotopic (exact) mass is 636 g/mol. The molecule has 6 rings (SSSR count). The lowest BCUT2D eigenvalue weighted by Gasteiger charge is -2.25. The highest BCUT2D eigenvalue weighted by Gasteiger charge is 2.29. The first-order valence-electron chi connectivity index (χ1n) is 14.6. The summed E-state index contributed by atoms with van der Waals surface area (Å²) in [6, 6.07) is 8.53. The van der Waals surface area contributed by atoms with Gasteiger partial charge in [-0.05, 0) is 64.3 Å². The highest BCUT2D eigenvalue weighted by atomic mass is 32.2. The van der Waals surface area contributed by atoms with E-state index in [1.54, 1.807) is 35.1 Å². The Balaban J connectivity index is 1.52. The molecule has 11 nitrogen and oxygen atoms in total. The predicted octanol–water partition coefficient (Wildman–Crippen LogP) is 5.92. The number of imidazole rings is 1. The van der Waals surface area contributed by atoms with Gasteiger partial charge in [-0.3, -0.25) is 19.2 Å². The summed E-state index contributed by atoms with van der Waals surface area (Å²) in [5, 5.41) is 7.69. The summed E-state index contributed by atoms with van der Waals surface area (Å²) in [7, 11) is -1.93. The zero-order valence-electron chi connectivity index (χ0n) is 25.7. The number of alkyl halides is 2. The van der Waals surface area contributed by atoms with Crippen LogP contribution in [0.5, 0.6) is 0 Å². The number of hydrogen-bond acceptors (Lipinski definition) is 9. The Bertz CT molecular complexity index is 2000. The third-order valence-electron chi connectivity index (χ3n) is 8.03. The minimum Gasteiger partial charge on any atom is -0.358 e. The lowest BCUT2D eigenvalue weighted by molar-refractivity contribution is -0.0363. The van der Waals surface area contributed by atoms with Gasteiger partial charge in [0.1, 0.15) is 11.7 Å². The fourth-order valence-electron chi connectivity index (χ4n) is 5.48. The fraction of sp³-hybridized carbons (Fsp3) is 0.387. The summed E-state index contributed by atoms with van der Waals surface area (Å²) in [6.45, 7) is 6.08. The summed E-state index contributed by atoms with van der Waals surface area (Å²) in [5.41, 5.74) is 5.90. The van der Waals surface area contributed by atoms with E-state index in [0.717, 1.165) is 36.2 Å². The molecule has 4 aromatic heterocycles. The summed E-state index contributed by atoms with van der Waals surface area (Å²) in [4.78, 5) is 18.2. The van der Waals surface area contributed by atoms with Crippen molar-refractivity contribution >= 4 is 32.4 Å². The highest BCUT2D eigenvalue weighted by molar-refractivity contribution is 7.90. The maximum absolute atomic E-state index is 14.5. The van der Waals surface area contributed by atoms with Crippen molar-refractivity contribution in [3.8, 4) is 11.3 Å². The van der Waals surface area contributed by atoms with E-state index in [9.17, 15) is 17.2 Å². The largest absolute Gasteiger partial charge is 0.358 e. The van der Waals surface area contributed by atoms with Crippen molar-refractivity contribution in [3.05, 3.63) is 70.8 Å². The van der Waals surface area contributed by atoms with Crippen LogP contribution in [0.25, 0.3) is 22.4 Å². The predicted molar refractivity (Wildman–Crippen MR) is 165 cm³/mol. The maximum Gasteiger partial charge on any atom is 0.295 e. The van der Waals surface area contributed by atoms with Crippen LogP contribution in [0.3, 0.4) is 0 Å². The molecule has 0 amide bonds. The number of benzene rings is 1. The molecule has 0 bridgehead atoms. The van der Waals surface area contributed by atoms with Gasteiger partial charge in [0.05, 0.1) is 44.7 Å². The van der Waals surface area contributed by atoms with Crippen LogP contribution in [-0.4, -0.2) is 55.6 Å². The molecule has 236 valence electrons. The van der Waals surface area contributed by atoms with Gasteiger partial charge in [-0.1, -0.05) is 6.07 Å². The first-order valence-corrected chi connectivity index (χ1v) is 16.5. The van der Waals surface area contributed by atoms with E-state index in [1.165, 1.54) is 4.57 Å². The first-order chi connectivity index (χ1) is 21.4. The quantitative estimate of drug-likeness (QED) is 0.221. The number of nitrogens with one attached hydrogen (secondary N) is 1. The normalized spacial score (nSPS) is 15.7. The molecule has 0 saturated carbocycles. The number of hydrogen-bond donors (Lipinski definition) is 1. The van der Waals surface area contributed by atoms with Gasteiger partial charge in [-0.25, -0.2) is 27.2 Å². The summed E-state index contributed by atoms with van der Waals surface area (Å²) in [5.74, 6) is -0.459. The van der Waals surface area contributed by atoms with Crippen LogP contribution in [0, 0.1) is 20.8 Å². The SMILES string of the molecule is Cc1ncc(Cc2cc(Nc3ccc(-c4cc(C)n(C)n4)cc3S(C)(=O)=O)c3nc(C(F)F)n(C4CCCCO4)c3n2)nc1C. The highest BCUT2D eigenvalue weighted by Crippen LogP contribution is 2.37. The number of rotatable bonds is 8. The minimum atomic E-state index is -3.74. The van der Waals surface area contributed by atoms with Crippen LogP contribution in [0.15, 0.2) is 41.4 Å². The Morgan fingerprint density at radius 2 is 1.82 bits per heavy atom. The third kappa shape index (κ3) is 6.16. The molecule has 1 aromatic carbocycles. The van der Waals surface area contributed by atoms with E-state index in [0.29, 0.717) is 41.4 Å². The van der Waals surface area contributed by atoms with Gasteiger partial charge in [0.2, 0.25) is 0 Å². The average Bonchev–Trinajstić information content (AvgIpc) is 3.55. The minimum absolute atomic E-state index is 0.0268. The molecule has 1 unspecified atom stereocenters. The van der Waals surface area contributed by atoms with Crippen LogP contribution in [0.1, 0.15) is 66.2 Å².